The number of unbranched alkanes of at least 4 members (excludes halogenated alkanes) is 3. The van der Waals surface area contributed by atoms with Crippen LogP contribution in [0.25, 0.3) is 0 Å². The Kier molecular flexibility index (Phi) is 13.8. The van der Waals surface area contributed by atoms with Gasteiger partial charge in [0.2, 0.25) is 0 Å². The lowest BCUT2D eigenvalue weighted by Crippen LogP contribution is -2.21. The lowest BCUT2D eigenvalue weighted by atomic mass is 9.74. The molecule has 0 aromatic rings. The number of hydrogen-bond acceptors (Lipinski definition) is 0. The standard InChI is InChI=1S/C24H48/c1-8-10-19-24(6,7)23(5)18-15-13-11-12-14-17-22(4)20-21(3)16-9-2/h12,14,21-23H,8-11,13,15-20H2,1-7H3. The fourth-order valence-corrected chi connectivity index (χ4v) is 3.82. The molecule has 3 atom stereocenters. The molecule has 0 bridgehead atoms. The van der Waals surface area contributed by atoms with Gasteiger partial charge in [-0.15, -0.1) is 0 Å². The zero-order chi connectivity index (χ0) is 18.4. The van der Waals surface area contributed by atoms with Gasteiger partial charge in [-0.2, -0.15) is 0 Å². The summed E-state index contributed by atoms with van der Waals surface area (Å²) < 4.78 is 0. The van der Waals surface area contributed by atoms with Crippen molar-refractivity contribution >= 4 is 0 Å². The van der Waals surface area contributed by atoms with Crippen LogP contribution < -0.4 is 0 Å². The van der Waals surface area contributed by atoms with Gasteiger partial charge in [0.15, 0.2) is 0 Å². The molecule has 0 spiro atoms. The van der Waals surface area contributed by atoms with Gasteiger partial charge in [-0.3, -0.25) is 0 Å². The molecule has 0 heteroatoms. The Morgan fingerprint density at radius 2 is 1.50 bits per heavy atom. The van der Waals surface area contributed by atoms with Crippen molar-refractivity contribution in [2.24, 2.45) is 23.2 Å². The predicted molar refractivity (Wildman–Crippen MR) is 113 cm³/mol. The lowest BCUT2D eigenvalue weighted by molar-refractivity contribution is 0.191. The molecule has 144 valence electrons. The highest BCUT2D eigenvalue weighted by Gasteiger charge is 2.24. The highest BCUT2D eigenvalue weighted by Crippen LogP contribution is 2.35. The van der Waals surface area contributed by atoms with E-state index in [0.717, 1.165) is 17.8 Å². The second-order valence-corrected chi connectivity index (χ2v) is 9.22. The van der Waals surface area contributed by atoms with Crippen molar-refractivity contribution in [1.29, 1.82) is 0 Å². The molecular formula is C24H48. The van der Waals surface area contributed by atoms with Crippen LogP contribution in [0, 0.1) is 23.2 Å². The number of hydrogen-bond donors (Lipinski definition) is 0. The van der Waals surface area contributed by atoms with Gasteiger partial charge in [-0.1, -0.05) is 99.1 Å². The smallest absolute Gasteiger partial charge is 0.0325 e. The Morgan fingerprint density at radius 3 is 2.12 bits per heavy atom. The summed E-state index contributed by atoms with van der Waals surface area (Å²) in [5.41, 5.74) is 0.524. The Hall–Kier alpha value is -0.260. The summed E-state index contributed by atoms with van der Waals surface area (Å²) in [5, 5.41) is 0. The molecule has 0 aliphatic rings. The molecule has 0 aliphatic heterocycles. The average molecular weight is 337 g/mol. The van der Waals surface area contributed by atoms with Gasteiger partial charge in [-0.05, 0) is 55.3 Å². The van der Waals surface area contributed by atoms with E-state index in [-0.39, 0.29) is 0 Å². The van der Waals surface area contributed by atoms with E-state index in [1.165, 1.54) is 70.6 Å². The van der Waals surface area contributed by atoms with Crippen LogP contribution in [0.15, 0.2) is 12.2 Å². The minimum absolute atomic E-state index is 0.524. The SMILES string of the molecule is CCCCC(C)(C)C(C)CCCCC=CCC(C)CC(C)CCC. The minimum Gasteiger partial charge on any atom is -0.0885 e. The quantitative estimate of drug-likeness (QED) is 0.207. The largest absolute Gasteiger partial charge is 0.0885 e. The van der Waals surface area contributed by atoms with Gasteiger partial charge in [0, 0.05) is 0 Å². The van der Waals surface area contributed by atoms with E-state index in [0.29, 0.717) is 5.41 Å². The molecule has 0 aromatic heterocycles. The molecule has 0 saturated heterocycles. The molecule has 0 N–H and O–H groups in total. The average Bonchev–Trinajstić information content (AvgIpc) is 2.51. The molecule has 0 radical (unpaired) electrons. The third-order valence-corrected chi connectivity index (χ3v) is 6.06. The second-order valence-electron chi connectivity index (χ2n) is 9.22. The fourth-order valence-electron chi connectivity index (χ4n) is 3.82. The van der Waals surface area contributed by atoms with Crippen LogP contribution in [0.3, 0.4) is 0 Å². The van der Waals surface area contributed by atoms with Crippen LogP contribution >= 0.6 is 0 Å². The summed E-state index contributed by atoms with van der Waals surface area (Å²) in [6, 6.07) is 0. The van der Waals surface area contributed by atoms with Crippen LogP contribution in [0.5, 0.6) is 0 Å². The first-order valence-electron chi connectivity index (χ1n) is 11.0. The zero-order valence-electron chi connectivity index (χ0n) is 18.2. The van der Waals surface area contributed by atoms with Crippen LogP contribution in [0.2, 0.25) is 0 Å². The van der Waals surface area contributed by atoms with Crippen molar-refractivity contribution in [3.8, 4) is 0 Å². The first-order chi connectivity index (χ1) is 11.3. The lowest BCUT2D eigenvalue weighted by Gasteiger charge is -2.32. The van der Waals surface area contributed by atoms with Crippen LogP contribution in [0.4, 0.5) is 0 Å². The van der Waals surface area contributed by atoms with Crippen molar-refractivity contribution in [2.45, 2.75) is 119 Å². The Morgan fingerprint density at radius 1 is 0.792 bits per heavy atom. The third kappa shape index (κ3) is 12.2. The summed E-state index contributed by atoms with van der Waals surface area (Å²) in [6.45, 7) is 16.8. The van der Waals surface area contributed by atoms with E-state index < -0.39 is 0 Å². The molecule has 0 aromatic carbocycles. The number of allylic oxidation sites excluding steroid dienone is 2. The normalized spacial score (nSPS) is 16.5. The van der Waals surface area contributed by atoms with Gasteiger partial charge < -0.3 is 0 Å². The summed E-state index contributed by atoms with van der Waals surface area (Å²) >= 11 is 0. The van der Waals surface area contributed by atoms with Crippen molar-refractivity contribution in [1.82, 2.24) is 0 Å². The van der Waals surface area contributed by atoms with Gasteiger partial charge in [0.05, 0.1) is 0 Å². The monoisotopic (exact) mass is 336 g/mol. The molecule has 0 fully saturated rings. The summed E-state index contributed by atoms with van der Waals surface area (Å²) in [4.78, 5) is 0. The van der Waals surface area contributed by atoms with Gasteiger partial charge in [0.25, 0.3) is 0 Å². The van der Waals surface area contributed by atoms with Gasteiger partial charge >= 0.3 is 0 Å². The topological polar surface area (TPSA) is 0 Å². The van der Waals surface area contributed by atoms with E-state index in [9.17, 15) is 0 Å². The molecule has 0 rings (SSSR count). The van der Waals surface area contributed by atoms with Crippen LogP contribution in [-0.4, -0.2) is 0 Å². The second kappa shape index (κ2) is 14.0. The minimum atomic E-state index is 0.524. The molecule has 0 nitrogen and oxygen atoms in total. The maximum Gasteiger partial charge on any atom is -0.0325 e. The van der Waals surface area contributed by atoms with Crippen molar-refractivity contribution < 1.29 is 0 Å². The molecule has 24 heavy (non-hydrogen) atoms. The fraction of sp³-hybridized carbons (Fsp3) is 0.917. The van der Waals surface area contributed by atoms with E-state index >= 15 is 0 Å². The molecule has 0 heterocycles. The highest BCUT2D eigenvalue weighted by molar-refractivity contribution is 4.84. The first kappa shape index (κ1) is 23.7. The molecule has 3 unspecified atom stereocenters. The van der Waals surface area contributed by atoms with Crippen molar-refractivity contribution in [2.75, 3.05) is 0 Å². The number of rotatable bonds is 15. The maximum absolute atomic E-state index is 2.47. The van der Waals surface area contributed by atoms with Gasteiger partial charge in [-0.25, -0.2) is 0 Å². The van der Waals surface area contributed by atoms with E-state index in [2.05, 4.69) is 60.6 Å². The molecule has 0 saturated carbocycles. The Labute approximate surface area is 154 Å². The van der Waals surface area contributed by atoms with Crippen LogP contribution in [-0.2, 0) is 0 Å². The highest BCUT2D eigenvalue weighted by atomic mass is 14.3. The van der Waals surface area contributed by atoms with Crippen molar-refractivity contribution in [3.05, 3.63) is 12.2 Å². The summed E-state index contributed by atoms with van der Waals surface area (Å²) in [6.07, 6.45) is 19.8. The third-order valence-electron chi connectivity index (χ3n) is 6.06. The maximum atomic E-state index is 2.47. The summed E-state index contributed by atoms with van der Waals surface area (Å²) in [5.74, 6) is 2.60. The molecular weight excluding hydrogens is 288 g/mol. The Balaban J connectivity index is 3.74. The molecule has 0 aliphatic carbocycles. The van der Waals surface area contributed by atoms with Crippen LogP contribution in [0.1, 0.15) is 119 Å². The zero-order valence-corrected chi connectivity index (χ0v) is 18.2. The molecule has 0 amide bonds. The Bertz CT molecular complexity index is 299. The van der Waals surface area contributed by atoms with E-state index in [1.54, 1.807) is 0 Å². The predicted octanol–water partition coefficient (Wildman–Crippen LogP) is 8.81. The van der Waals surface area contributed by atoms with E-state index in [4.69, 9.17) is 0 Å². The van der Waals surface area contributed by atoms with Gasteiger partial charge in [0.1, 0.15) is 0 Å². The summed E-state index contributed by atoms with van der Waals surface area (Å²) in [7, 11) is 0. The van der Waals surface area contributed by atoms with E-state index in [1.807, 2.05) is 0 Å². The first-order valence-corrected chi connectivity index (χ1v) is 11.0. The van der Waals surface area contributed by atoms with Crippen molar-refractivity contribution in [3.63, 3.8) is 0 Å².